The predicted molar refractivity (Wildman–Crippen MR) is 181 cm³/mol. The molecular weight excluding hydrogens is 556 g/mol. The lowest BCUT2D eigenvalue weighted by Gasteiger charge is -2.53. The van der Waals surface area contributed by atoms with Crippen molar-refractivity contribution in [2.24, 2.45) is 5.89 Å². The summed E-state index contributed by atoms with van der Waals surface area (Å²) >= 11 is 0. The van der Waals surface area contributed by atoms with Crippen LogP contribution in [0.25, 0.3) is 33.7 Å². The van der Waals surface area contributed by atoms with Crippen LogP contribution in [0.4, 0.5) is 0 Å². The Morgan fingerprint density at radius 2 is 1.42 bits per heavy atom. The van der Waals surface area contributed by atoms with E-state index < -0.39 is 5.89 Å². The first kappa shape index (κ1) is 24.3. The highest BCUT2D eigenvalue weighted by atomic mass is 16.4. The van der Waals surface area contributed by atoms with Crippen LogP contribution in [0.1, 0.15) is 32.9 Å². The zero-order chi connectivity index (χ0) is 30.4. The van der Waals surface area contributed by atoms with Crippen LogP contribution in [-0.2, 0) is 0 Å². The van der Waals surface area contributed by atoms with Gasteiger partial charge >= 0.3 is 33.8 Å². The first-order valence-electron chi connectivity index (χ1n) is 16.3. The number of imidazole rings is 1. The molecule has 45 heavy (non-hydrogen) atoms. The topological polar surface area (TPSA) is 69.2 Å². The molecule has 13 heteroatoms. The Labute approximate surface area is 263 Å². The largest absolute Gasteiger partial charge is 0.423 e. The Morgan fingerprint density at radius 1 is 0.756 bits per heavy atom. The van der Waals surface area contributed by atoms with Gasteiger partial charge in [0.15, 0.2) is 5.82 Å². The quantitative estimate of drug-likeness (QED) is 0.303. The van der Waals surface area contributed by atoms with Crippen LogP contribution < -0.4 is 0 Å². The molecule has 0 spiro atoms. The van der Waals surface area contributed by atoms with E-state index in [1.165, 1.54) is 0 Å². The number of hydrogen-bond acceptors (Lipinski definition) is 8. The Hall–Kier alpha value is -5.05. The van der Waals surface area contributed by atoms with Crippen molar-refractivity contribution in [3.63, 3.8) is 0 Å². The average Bonchev–Trinajstić information content (AvgIpc) is 3.81. The van der Waals surface area contributed by atoms with E-state index in [0.29, 0.717) is 17.4 Å². The zero-order valence-electron chi connectivity index (χ0n) is 25.6. The molecule has 3 aromatic heterocycles. The molecule has 9 nitrogen and oxygen atoms in total. The summed E-state index contributed by atoms with van der Waals surface area (Å²) in [5.74, 6) is 9.37. The minimum atomic E-state index is -0.735. The van der Waals surface area contributed by atoms with Crippen LogP contribution in [0.5, 0.6) is 0 Å². The summed E-state index contributed by atoms with van der Waals surface area (Å²) in [7, 11) is 0. The van der Waals surface area contributed by atoms with Crippen molar-refractivity contribution in [3.8, 4) is 0 Å². The van der Waals surface area contributed by atoms with Crippen LogP contribution in [0, 0.1) is 5.89 Å². The van der Waals surface area contributed by atoms with Gasteiger partial charge in [0.2, 0.25) is 0 Å². The molecule has 8 heterocycles. The number of oxazole rings is 1. The van der Waals surface area contributed by atoms with Crippen LogP contribution >= 0.6 is 0 Å². The first-order valence-corrected chi connectivity index (χ1v) is 15.8. The van der Waals surface area contributed by atoms with Crippen LogP contribution in [0.15, 0.2) is 126 Å². The number of rotatable bonds is 2. The number of allylic oxidation sites excluding steroid dienone is 8. The number of nitrogens with zero attached hydrogens (tertiary/aromatic N) is 8. The smallest absolute Gasteiger partial charge is 0.381 e. The Bertz CT molecular complexity index is 2180. The van der Waals surface area contributed by atoms with Crippen molar-refractivity contribution in [3.05, 3.63) is 127 Å². The minimum absolute atomic E-state index is 0.0256. The van der Waals surface area contributed by atoms with Crippen molar-refractivity contribution >= 4 is 61.6 Å². The second kappa shape index (κ2) is 9.72. The van der Waals surface area contributed by atoms with Gasteiger partial charge in [-0.3, -0.25) is 4.40 Å². The van der Waals surface area contributed by atoms with Crippen molar-refractivity contribution in [2.45, 2.75) is 25.7 Å². The fraction of sp³-hybridized carbons (Fsp3) is 0.156. The first-order chi connectivity index (χ1) is 22.7. The molecule has 1 aromatic carbocycles. The lowest BCUT2D eigenvalue weighted by atomic mass is 9.41. The van der Waals surface area contributed by atoms with Gasteiger partial charge < -0.3 is 23.3 Å². The summed E-state index contributed by atoms with van der Waals surface area (Å²) in [4.78, 5) is 14.7. The highest BCUT2D eigenvalue weighted by Crippen LogP contribution is 2.42. The molecule has 1 saturated heterocycles. The van der Waals surface area contributed by atoms with Gasteiger partial charge in [-0.15, -0.1) is 0 Å². The number of fused-ring (bicyclic) bond motifs is 13. The van der Waals surface area contributed by atoms with Gasteiger partial charge in [-0.1, -0.05) is 67.1 Å². The van der Waals surface area contributed by atoms with Crippen LogP contribution in [0.2, 0.25) is 0 Å². The standard InChI is InChI=1S/C32H28B4N8O/c1-2-12-24(11-1)26-23-43-35-17-7-9-19-41(35)33-15-5-8-18-40(33)34-16-6-10-20-42(34)36(43)21-25(26)30-37-22-29-31(39-30)45-32-38-27-13-3-4-14-28(27)44(29)32/h3-10,13-24H,1-2,11-12H2/i24D. The van der Waals surface area contributed by atoms with E-state index in [9.17, 15) is 1.37 Å². The number of benzene rings is 1. The third kappa shape index (κ3) is 3.76. The molecule has 5 aliphatic heterocycles. The molecule has 2 fully saturated rings. The molecular formula is C32H28B4N8O. The second-order valence-electron chi connectivity index (χ2n) is 12.3. The van der Waals surface area contributed by atoms with Crippen molar-refractivity contribution in [1.29, 1.82) is 0 Å². The highest BCUT2D eigenvalue weighted by molar-refractivity contribution is 6.92. The second-order valence-corrected chi connectivity index (χ2v) is 12.3. The van der Waals surface area contributed by atoms with E-state index in [1.54, 1.807) is 0 Å². The molecule has 0 radical (unpaired) electrons. The number of hydrogen-bond donors (Lipinski definition) is 0. The molecule has 0 bridgehead atoms. The van der Waals surface area contributed by atoms with E-state index >= 15 is 0 Å². The van der Waals surface area contributed by atoms with Crippen molar-refractivity contribution in [1.82, 2.24) is 38.2 Å². The highest BCUT2D eigenvalue weighted by Gasteiger charge is 2.51. The molecule has 10 rings (SSSR count). The zero-order valence-corrected chi connectivity index (χ0v) is 24.6. The van der Waals surface area contributed by atoms with E-state index in [4.69, 9.17) is 14.4 Å². The van der Waals surface area contributed by atoms with Gasteiger partial charge in [0.1, 0.15) is 5.52 Å². The van der Waals surface area contributed by atoms with Crippen LogP contribution in [-0.4, -0.2) is 66.2 Å². The van der Waals surface area contributed by atoms with Crippen LogP contribution in [0.3, 0.4) is 0 Å². The van der Waals surface area contributed by atoms with Gasteiger partial charge in [0, 0.05) is 6.94 Å². The molecule has 0 unspecified atom stereocenters. The number of aromatic nitrogens is 4. The summed E-state index contributed by atoms with van der Waals surface area (Å²) in [6.07, 6.45) is 27.0. The van der Waals surface area contributed by atoms with E-state index in [-0.39, 0.29) is 27.9 Å². The normalized spacial score (nSPS) is 21.7. The monoisotopic (exact) mass is 585 g/mol. The summed E-state index contributed by atoms with van der Waals surface area (Å²) in [6.45, 7) is -0.233. The predicted octanol–water partition coefficient (Wildman–Crippen LogP) is 5.08. The summed E-state index contributed by atoms with van der Waals surface area (Å²) in [5.41, 5.74) is 4.96. The Morgan fingerprint density at radius 3 is 2.16 bits per heavy atom. The lowest BCUT2D eigenvalue weighted by molar-refractivity contribution is 0.601. The fourth-order valence-corrected chi connectivity index (χ4v) is 7.74. The molecule has 1 aliphatic carbocycles. The van der Waals surface area contributed by atoms with Crippen molar-refractivity contribution < 1.29 is 5.79 Å². The average molecular weight is 585 g/mol. The maximum absolute atomic E-state index is 9.79. The summed E-state index contributed by atoms with van der Waals surface area (Å²) in [5, 5.41) is 0. The molecule has 0 atom stereocenters. The van der Waals surface area contributed by atoms with Crippen molar-refractivity contribution in [2.75, 3.05) is 0 Å². The van der Waals surface area contributed by atoms with Gasteiger partial charge in [0.05, 0.1) is 17.2 Å². The van der Waals surface area contributed by atoms with E-state index in [2.05, 4.69) is 109 Å². The molecule has 214 valence electrons. The molecule has 6 aliphatic rings. The molecule has 0 N–H and O–H groups in total. The van der Waals surface area contributed by atoms with E-state index in [0.717, 1.165) is 53.4 Å². The van der Waals surface area contributed by atoms with Gasteiger partial charge in [-0.25, -0.2) is 4.98 Å². The molecule has 1 saturated carbocycles. The number of para-hydroxylation sites is 2. The maximum atomic E-state index is 9.79. The van der Waals surface area contributed by atoms with Gasteiger partial charge in [-0.2, -0.15) is 9.97 Å². The minimum Gasteiger partial charge on any atom is -0.423 e. The summed E-state index contributed by atoms with van der Waals surface area (Å²) in [6, 6.07) is 7.98. The molecule has 0 amide bonds. The maximum Gasteiger partial charge on any atom is 0.381 e. The third-order valence-electron chi connectivity index (χ3n) is 9.81. The van der Waals surface area contributed by atoms with E-state index in [1.807, 2.05) is 34.9 Å². The fourth-order valence-electron chi connectivity index (χ4n) is 7.74. The summed E-state index contributed by atoms with van der Waals surface area (Å²) < 4.78 is 27.6. The third-order valence-corrected chi connectivity index (χ3v) is 9.81. The van der Waals surface area contributed by atoms with Gasteiger partial charge in [-0.05, 0) is 79.5 Å². The lowest BCUT2D eigenvalue weighted by Crippen LogP contribution is -2.73. The Kier molecular flexibility index (Phi) is 5.25. The SMILES string of the molecule is [2H]C1(C2=CN3B4C=CC=CN4B4C=CC=CN4B4C=CC=CN4B3C=C2c2ncc3c(n2)oc2nc4ccccc4n23)CCCC1. The molecule has 4 aromatic rings. The Balaban J connectivity index is 1.17. The van der Waals surface area contributed by atoms with Gasteiger partial charge in [0.25, 0.3) is 5.71 Å².